The third-order valence-electron chi connectivity index (χ3n) is 3.07. The predicted molar refractivity (Wildman–Crippen MR) is 79.9 cm³/mol. The van der Waals surface area contributed by atoms with Crippen molar-refractivity contribution in [2.75, 3.05) is 0 Å². The molecule has 0 fully saturated rings. The van der Waals surface area contributed by atoms with Crippen molar-refractivity contribution < 1.29 is 13.9 Å². The van der Waals surface area contributed by atoms with Crippen molar-refractivity contribution in [1.29, 1.82) is 0 Å². The van der Waals surface area contributed by atoms with Crippen LogP contribution < -0.4 is 0 Å². The minimum atomic E-state index is -0.548. The first-order valence-electron chi connectivity index (χ1n) is 6.41. The Hall–Kier alpha value is -2.27. The number of para-hydroxylation sites is 1. The number of ether oxygens (including phenoxy) is 1. The standard InChI is InChI=1S/C16H12FNO2S/c1-10-6-7-11(8-12(10)17)16(19)20-9-15-18-13-4-2-3-5-14(13)21-15/h2-8H,9H2,1H3. The quantitative estimate of drug-likeness (QED) is 0.684. The van der Waals surface area contributed by atoms with E-state index in [1.54, 1.807) is 19.1 Å². The fourth-order valence-corrected chi connectivity index (χ4v) is 2.79. The summed E-state index contributed by atoms with van der Waals surface area (Å²) in [7, 11) is 0. The monoisotopic (exact) mass is 301 g/mol. The summed E-state index contributed by atoms with van der Waals surface area (Å²) < 4.78 is 19.7. The van der Waals surface area contributed by atoms with Crippen molar-refractivity contribution in [1.82, 2.24) is 4.98 Å². The highest BCUT2D eigenvalue weighted by molar-refractivity contribution is 7.18. The van der Waals surface area contributed by atoms with Gasteiger partial charge in [0.1, 0.15) is 17.4 Å². The number of aromatic nitrogens is 1. The van der Waals surface area contributed by atoms with Crippen LogP contribution in [0.15, 0.2) is 42.5 Å². The van der Waals surface area contributed by atoms with Crippen molar-refractivity contribution in [3.8, 4) is 0 Å². The van der Waals surface area contributed by atoms with Crippen LogP contribution in [-0.2, 0) is 11.3 Å². The summed E-state index contributed by atoms with van der Waals surface area (Å²) in [5, 5.41) is 0.720. The lowest BCUT2D eigenvalue weighted by Gasteiger charge is -2.03. The number of thiazole rings is 1. The van der Waals surface area contributed by atoms with Crippen LogP contribution in [0.25, 0.3) is 10.2 Å². The molecule has 0 amide bonds. The fraction of sp³-hybridized carbons (Fsp3) is 0.125. The Kier molecular flexibility index (Phi) is 3.66. The van der Waals surface area contributed by atoms with Gasteiger partial charge in [-0.3, -0.25) is 0 Å². The van der Waals surface area contributed by atoms with E-state index in [1.807, 2.05) is 24.3 Å². The Balaban J connectivity index is 1.71. The van der Waals surface area contributed by atoms with Crippen LogP contribution in [0.4, 0.5) is 4.39 Å². The summed E-state index contributed by atoms with van der Waals surface area (Å²) in [5.41, 5.74) is 1.59. The van der Waals surface area contributed by atoms with Gasteiger partial charge in [0, 0.05) is 0 Å². The molecule has 0 aliphatic rings. The van der Waals surface area contributed by atoms with E-state index in [0.29, 0.717) is 5.56 Å². The first-order chi connectivity index (χ1) is 10.1. The summed E-state index contributed by atoms with van der Waals surface area (Å²) >= 11 is 1.48. The summed E-state index contributed by atoms with van der Waals surface area (Å²) in [6.07, 6.45) is 0. The number of halogens is 1. The minimum Gasteiger partial charge on any atom is -0.455 e. The number of carbonyl (C=O) groups is 1. The zero-order chi connectivity index (χ0) is 14.8. The second-order valence-corrected chi connectivity index (χ2v) is 5.73. The topological polar surface area (TPSA) is 39.2 Å². The third-order valence-corrected chi connectivity index (χ3v) is 4.08. The second-order valence-electron chi connectivity index (χ2n) is 4.62. The highest BCUT2D eigenvalue weighted by Crippen LogP contribution is 2.22. The van der Waals surface area contributed by atoms with Crippen LogP contribution in [0.1, 0.15) is 20.9 Å². The SMILES string of the molecule is Cc1ccc(C(=O)OCc2nc3ccccc3s2)cc1F. The van der Waals surface area contributed by atoms with Gasteiger partial charge in [-0.2, -0.15) is 0 Å². The Labute approximate surface area is 125 Å². The molecule has 2 aromatic carbocycles. The zero-order valence-corrected chi connectivity index (χ0v) is 12.1. The number of aryl methyl sites for hydroxylation is 1. The van der Waals surface area contributed by atoms with E-state index in [9.17, 15) is 9.18 Å². The average Bonchev–Trinajstić information content (AvgIpc) is 2.90. The number of hydrogen-bond donors (Lipinski definition) is 0. The number of rotatable bonds is 3. The molecule has 5 heteroatoms. The summed E-state index contributed by atoms with van der Waals surface area (Å²) in [5.74, 6) is -0.961. The molecule has 0 aliphatic carbocycles. The molecule has 1 aromatic heterocycles. The second kappa shape index (κ2) is 5.61. The first kappa shape index (κ1) is 13.7. The smallest absolute Gasteiger partial charge is 0.338 e. The number of benzene rings is 2. The van der Waals surface area contributed by atoms with Gasteiger partial charge in [-0.1, -0.05) is 18.2 Å². The number of nitrogens with zero attached hydrogens (tertiary/aromatic N) is 1. The molecule has 0 aliphatic heterocycles. The molecule has 3 nitrogen and oxygen atoms in total. The summed E-state index contributed by atoms with van der Waals surface area (Å²) in [6, 6.07) is 12.0. The van der Waals surface area contributed by atoms with Gasteiger partial charge in [0.15, 0.2) is 0 Å². The van der Waals surface area contributed by atoms with Crippen LogP contribution in [0.2, 0.25) is 0 Å². The molecule has 3 aromatic rings. The molecular weight excluding hydrogens is 289 g/mol. The molecule has 0 saturated heterocycles. The van der Waals surface area contributed by atoms with Gasteiger partial charge in [-0.25, -0.2) is 14.2 Å². The van der Waals surface area contributed by atoms with Crippen molar-refractivity contribution >= 4 is 27.5 Å². The number of fused-ring (bicyclic) bond motifs is 1. The van der Waals surface area contributed by atoms with Gasteiger partial charge < -0.3 is 4.74 Å². The maximum Gasteiger partial charge on any atom is 0.338 e. The molecule has 0 atom stereocenters. The first-order valence-corrected chi connectivity index (χ1v) is 7.23. The average molecular weight is 301 g/mol. The van der Waals surface area contributed by atoms with Crippen molar-refractivity contribution in [2.45, 2.75) is 13.5 Å². The lowest BCUT2D eigenvalue weighted by molar-refractivity contribution is 0.0472. The molecule has 3 rings (SSSR count). The summed E-state index contributed by atoms with van der Waals surface area (Å²) in [6.45, 7) is 1.74. The van der Waals surface area contributed by atoms with Gasteiger partial charge >= 0.3 is 5.97 Å². The highest BCUT2D eigenvalue weighted by atomic mass is 32.1. The van der Waals surface area contributed by atoms with Gasteiger partial charge in [0.05, 0.1) is 15.8 Å². The minimum absolute atomic E-state index is 0.0909. The maximum atomic E-state index is 13.4. The Morgan fingerprint density at radius 2 is 2.10 bits per heavy atom. The highest BCUT2D eigenvalue weighted by Gasteiger charge is 2.11. The van der Waals surface area contributed by atoms with Gasteiger partial charge in [-0.05, 0) is 36.8 Å². The van der Waals surface area contributed by atoms with Crippen LogP contribution in [0, 0.1) is 12.7 Å². The largest absolute Gasteiger partial charge is 0.455 e. The van der Waals surface area contributed by atoms with E-state index in [0.717, 1.165) is 15.2 Å². The molecule has 0 saturated carbocycles. The van der Waals surface area contributed by atoms with Crippen molar-refractivity contribution in [3.63, 3.8) is 0 Å². The number of hydrogen-bond acceptors (Lipinski definition) is 4. The lowest BCUT2D eigenvalue weighted by atomic mass is 10.1. The van der Waals surface area contributed by atoms with Crippen LogP contribution >= 0.6 is 11.3 Å². The molecule has 0 N–H and O–H groups in total. The Bertz CT molecular complexity index is 780. The third kappa shape index (κ3) is 2.92. The summed E-state index contributed by atoms with van der Waals surface area (Å²) in [4.78, 5) is 16.3. The fourth-order valence-electron chi connectivity index (χ4n) is 1.91. The van der Waals surface area contributed by atoms with E-state index in [-0.39, 0.29) is 12.2 Å². The van der Waals surface area contributed by atoms with Gasteiger partial charge in [-0.15, -0.1) is 11.3 Å². The molecule has 106 valence electrons. The lowest BCUT2D eigenvalue weighted by Crippen LogP contribution is -2.05. The molecule has 0 radical (unpaired) electrons. The molecule has 1 heterocycles. The number of esters is 1. The maximum absolute atomic E-state index is 13.4. The normalized spacial score (nSPS) is 10.8. The van der Waals surface area contributed by atoms with Gasteiger partial charge in [0.2, 0.25) is 0 Å². The van der Waals surface area contributed by atoms with Crippen molar-refractivity contribution in [2.24, 2.45) is 0 Å². The van der Waals surface area contributed by atoms with Crippen LogP contribution in [0.3, 0.4) is 0 Å². The van der Waals surface area contributed by atoms with E-state index < -0.39 is 11.8 Å². The van der Waals surface area contributed by atoms with E-state index in [2.05, 4.69) is 4.98 Å². The molecule has 0 bridgehead atoms. The Morgan fingerprint density at radius 3 is 2.86 bits per heavy atom. The van der Waals surface area contributed by atoms with Crippen LogP contribution in [0.5, 0.6) is 0 Å². The predicted octanol–water partition coefficient (Wildman–Crippen LogP) is 4.10. The molecule has 0 spiro atoms. The van der Waals surface area contributed by atoms with E-state index in [4.69, 9.17) is 4.74 Å². The molecular formula is C16H12FNO2S. The molecule has 0 unspecified atom stereocenters. The zero-order valence-electron chi connectivity index (χ0n) is 11.3. The van der Waals surface area contributed by atoms with E-state index >= 15 is 0 Å². The Morgan fingerprint density at radius 1 is 1.29 bits per heavy atom. The molecule has 21 heavy (non-hydrogen) atoms. The van der Waals surface area contributed by atoms with E-state index in [1.165, 1.54) is 17.4 Å². The van der Waals surface area contributed by atoms with Gasteiger partial charge in [0.25, 0.3) is 0 Å². The van der Waals surface area contributed by atoms with Crippen molar-refractivity contribution in [3.05, 3.63) is 64.4 Å². The number of carbonyl (C=O) groups excluding carboxylic acids is 1. The van der Waals surface area contributed by atoms with Crippen LogP contribution in [-0.4, -0.2) is 11.0 Å².